The van der Waals surface area contributed by atoms with Crippen LogP contribution in [0.5, 0.6) is 0 Å². The molecular weight excluding hydrogens is 322 g/mol. The first-order chi connectivity index (χ1) is 11.0. The molecule has 6 heteroatoms. The molecule has 3 rings (SSSR count). The first-order valence-corrected chi connectivity index (χ1v) is 7.44. The summed E-state index contributed by atoms with van der Waals surface area (Å²) in [5.74, 6) is -1.57. The zero-order valence-corrected chi connectivity index (χ0v) is 12.7. The molecule has 3 nitrogen and oxygen atoms in total. The number of nitrogens with zero attached hydrogens (tertiary/aromatic N) is 1. The van der Waals surface area contributed by atoms with Crippen LogP contribution >= 0.6 is 11.6 Å². The van der Waals surface area contributed by atoms with Crippen molar-refractivity contribution in [2.24, 2.45) is 0 Å². The SMILES string of the molecule is N#C[C@@H]1N[C@@H](CO)[C@@H]1c1ccc(-c2c(F)cc(F)cc2Cl)cc1. The van der Waals surface area contributed by atoms with Crippen molar-refractivity contribution in [2.75, 3.05) is 6.61 Å². The zero-order chi connectivity index (χ0) is 16.6. The highest BCUT2D eigenvalue weighted by atomic mass is 35.5. The van der Waals surface area contributed by atoms with E-state index in [0.29, 0.717) is 5.56 Å². The van der Waals surface area contributed by atoms with Gasteiger partial charge in [0.2, 0.25) is 0 Å². The van der Waals surface area contributed by atoms with Crippen molar-refractivity contribution in [3.05, 3.63) is 58.6 Å². The van der Waals surface area contributed by atoms with Crippen LogP contribution < -0.4 is 5.32 Å². The molecule has 2 aromatic carbocycles. The highest BCUT2D eigenvalue weighted by Gasteiger charge is 2.41. The summed E-state index contributed by atoms with van der Waals surface area (Å²) >= 11 is 5.94. The molecule has 118 valence electrons. The third kappa shape index (κ3) is 2.81. The first-order valence-electron chi connectivity index (χ1n) is 7.06. The fourth-order valence-electron chi connectivity index (χ4n) is 2.95. The van der Waals surface area contributed by atoms with Gasteiger partial charge in [0.1, 0.15) is 17.7 Å². The van der Waals surface area contributed by atoms with Crippen LogP contribution in [0, 0.1) is 23.0 Å². The summed E-state index contributed by atoms with van der Waals surface area (Å²) in [5, 5.41) is 21.3. The van der Waals surface area contributed by atoms with Crippen LogP contribution in [0.2, 0.25) is 5.02 Å². The Bertz CT molecular complexity index is 750. The number of hydrogen-bond acceptors (Lipinski definition) is 3. The van der Waals surface area contributed by atoms with Gasteiger partial charge < -0.3 is 5.11 Å². The summed E-state index contributed by atoms with van der Waals surface area (Å²) in [6.45, 7) is -0.0665. The molecule has 1 aliphatic heterocycles. The Labute approximate surface area is 137 Å². The third-order valence-electron chi connectivity index (χ3n) is 4.11. The van der Waals surface area contributed by atoms with Crippen LogP contribution in [-0.4, -0.2) is 23.8 Å². The summed E-state index contributed by atoms with van der Waals surface area (Å²) in [6.07, 6.45) is 0. The van der Waals surface area contributed by atoms with E-state index in [-0.39, 0.29) is 35.2 Å². The molecule has 1 aliphatic rings. The Morgan fingerprint density at radius 1 is 1.22 bits per heavy atom. The number of hydrogen-bond donors (Lipinski definition) is 2. The monoisotopic (exact) mass is 334 g/mol. The van der Waals surface area contributed by atoms with Gasteiger partial charge in [-0.15, -0.1) is 0 Å². The summed E-state index contributed by atoms with van der Waals surface area (Å²) in [7, 11) is 0. The minimum Gasteiger partial charge on any atom is -0.395 e. The lowest BCUT2D eigenvalue weighted by atomic mass is 9.78. The smallest absolute Gasteiger partial charge is 0.135 e. The van der Waals surface area contributed by atoms with Crippen molar-refractivity contribution >= 4 is 11.6 Å². The van der Waals surface area contributed by atoms with Crippen molar-refractivity contribution in [1.82, 2.24) is 5.32 Å². The fraction of sp³-hybridized carbons (Fsp3) is 0.235. The maximum absolute atomic E-state index is 14.0. The van der Waals surface area contributed by atoms with Crippen molar-refractivity contribution in [3.63, 3.8) is 0 Å². The highest BCUT2D eigenvalue weighted by Crippen LogP contribution is 2.35. The topological polar surface area (TPSA) is 56.0 Å². The van der Waals surface area contributed by atoms with Gasteiger partial charge in [0, 0.05) is 23.6 Å². The van der Waals surface area contributed by atoms with E-state index >= 15 is 0 Å². The van der Waals surface area contributed by atoms with E-state index in [1.165, 1.54) is 0 Å². The highest BCUT2D eigenvalue weighted by molar-refractivity contribution is 6.33. The van der Waals surface area contributed by atoms with Crippen LogP contribution in [0.3, 0.4) is 0 Å². The molecule has 3 atom stereocenters. The Balaban J connectivity index is 1.93. The van der Waals surface area contributed by atoms with Gasteiger partial charge in [-0.05, 0) is 17.2 Å². The second-order valence-corrected chi connectivity index (χ2v) is 5.86. The second kappa shape index (κ2) is 6.25. The van der Waals surface area contributed by atoms with E-state index in [1.807, 2.05) is 0 Å². The molecule has 1 fully saturated rings. The second-order valence-electron chi connectivity index (χ2n) is 5.45. The van der Waals surface area contributed by atoms with Gasteiger partial charge in [-0.25, -0.2) is 8.78 Å². The van der Waals surface area contributed by atoms with Crippen molar-refractivity contribution < 1.29 is 13.9 Å². The molecule has 0 saturated carbocycles. The van der Waals surface area contributed by atoms with Gasteiger partial charge in [-0.1, -0.05) is 35.9 Å². The number of halogens is 3. The molecule has 2 N–H and O–H groups in total. The number of benzene rings is 2. The minimum atomic E-state index is -0.726. The van der Waals surface area contributed by atoms with E-state index in [1.54, 1.807) is 24.3 Å². The first kappa shape index (κ1) is 15.9. The summed E-state index contributed by atoms with van der Waals surface area (Å²) in [5.41, 5.74) is 1.54. The molecule has 1 saturated heterocycles. The normalized spacial score (nSPS) is 23.2. The van der Waals surface area contributed by atoms with Crippen molar-refractivity contribution in [1.29, 1.82) is 5.26 Å². The molecule has 0 spiro atoms. The number of aliphatic hydroxyl groups excluding tert-OH is 1. The Kier molecular flexibility index (Phi) is 4.31. The lowest BCUT2D eigenvalue weighted by molar-refractivity contribution is 0.151. The van der Waals surface area contributed by atoms with Crippen LogP contribution in [-0.2, 0) is 0 Å². The zero-order valence-electron chi connectivity index (χ0n) is 11.9. The van der Waals surface area contributed by atoms with E-state index < -0.39 is 11.6 Å². The average Bonchev–Trinajstić information content (AvgIpc) is 2.48. The Morgan fingerprint density at radius 3 is 2.48 bits per heavy atom. The van der Waals surface area contributed by atoms with Crippen molar-refractivity contribution in [2.45, 2.75) is 18.0 Å². The van der Waals surface area contributed by atoms with Crippen molar-refractivity contribution in [3.8, 4) is 17.2 Å². The summed E-state index contributed by atoms with van der Waals surface area (Å²) in [6, 6.07) is 10.4. The molecular formula is C17H13ClF2N2O. The van der Waals surface area contributed by atoms with Gasteiger partial charge >= 0.3 is 0 Å². The van der Waals surface area contributed by atoms with Gasteiger partial charge in [0.25, 0.3) is 0 Å². The Morgan fingerprint density at radius 2 is 1.91 bits per heavy atom. The number of nitriles is 1. The predicted octanol–water partition coefficient (Wildman–Crippen LogP) is 3.23. The molecule has 0 amide bonds. The largest absolute Gasteiger partial charge is 0.395 e. The summed E-state index contributed by atoms with van der Waals surface area (Å²) < 4.78 is 27.1. The fourth-order valence-corrected chi connectivity index (χ4v) is 3.25. The van der Waals surface area contributed by atoms with Crippen LogP contribution in [0.4, 0.5) is 8.78 Å². The van der Waals surface area contributed by atoms with Crippen LogP contribution in [0.15, 0.2) is 36.4 Å². The van der Waals surface area contributed by atoms with Gasteiger partial charge in [-0.3, -0.25) is 5.32 Å². The van der Waals surface area contributed by atoms with Gasteiger partial charge in [0.05, 0.1) is 17.7 Å². The Hall–Kier alpha value is -2.00. The summed E-state index contributed by atoms with van der Waals surface area (Å²) in [4.78, 5) is 0. The molecule has 0 unspecified atom stereocenters. The van der Waals surface area contributed by atoms with E-state index in [9.17, 15) is 13.9 Å². The van der Waals surface area contributed by atoms with Gasteiger partial charge in [0.15, 0.2) is 0 Å². The maximum Gasteiger partial charge on any atom is 0.135 e. The third-order valence-corrected chi connectivity index (χ3v) is 4.41. The molecule has 1 heterocycles. The predicted molar refractivity (Wildman–Crippen MR) is 83.0 cm³/mol. The molecule has 0 aromatic heterocycles. The molecule has 23 heavy (non-hydrogen) atoms. The maximum atomic E-state index is 14.0. The van der Waals surface area contributed by atoms with Gasteiger partial charge in [-0.2, -0.15) is 5.26 Å². The number of nitrogens with one attached hydrogen (secondary N) is 1. The minimum absolute atomic E-state index is 0.00342. The standard InChI is InChI=1S/C17H13ClF2N2O/c18-12-5-11(19)6-13(20)16(12)9-1-3-10(4-2-9)17-14(7-21)22-15(17)8-23/h1-6,14-15,17,22-23H,8H2/t14-,15-,17+/m0/s1. The average molecular weight is 335 g/mol. The van der Waals surface area contributed by atoms with E-state index in [4.69, 9.17) is 16.9 Å². The lowest BCUT2D eigenvalue weighted by Gasteiger charge is -2.41. The van der Waals surface area contributed by atoms with Crippen LogP contribution in [0.25, 0.3) is 11.1 Å². The number of aliphatic hydroxyl groups is 1. The molecule has 0 bridgehead atoms. The lowest BCUT2D eigenvalue weighted by Crippen LogP contribution is -2.60. The quantitative estimate of drug-likeness (QED) is 0.906. The van der Waals surface area contributed by atoms with E-state index in [0.717, 1.165) is 17.7 Å². The van der Waals surface area contributed by atoms with Crippen LogP contribution in [0.1, 0.15) is 11.5 Å². The number of rotatable bonds is 3. The molecule has 0 radical (unpaired) electrons. The molecule has 0 aliphatic carbocycles. The molecule has 2 aromatic rings. The van der Waals surface area contributed by atoms with E-state index in [2.05, 4.69) is 11.4 Å².